The lowest BCUT2D eigenvalue weighted by Gasteiger charge is -2.44. The Bertz CT molecular complexity index is 1010. The molecule has 0 unspecified atom stereocenters. The van der Waals surface area contributed by atoms with Crippen LogP contribution in [0.5, 0.6) is 5.75 Å². The van der Waals surface area contributed by atoms with Gasteiger partial charge >= 0.3 is 11.9 Å². The van der Waals surface area contributed by atoms with Crippen LogP contribution in [-0.4, -0.2) is 60.3 Å². The molecule has 178 valence electrons. The van der Waals surface area contributed by atoms with Crippen molar-refractivity contribution in [3.63, 3.8) is 0 Å². The molecule has 2 aliphatic rings. The van der Waals surface area contributed by atoms with E-state index in [9.17, 15) is 24.3 Å². The molecule has 1 fully saturated rings. The van der Waals surface area contributed by atoms with Gasteiger partial charge in [-0.3, -0.25) is 14.4 Å². The number of ether oxygens (including phenoxy) is 3. The van der Waals surface area contributed by atoms with Crippen LogP contribution in [0.25, 0.3) is 5.57 Å². The third-order valence-electron chi connectivity index (χ3n) is 5.68. The summed E-state index contributed by atoms with van der Waals surface area (Å²) in [5.41, 5.74) is 0.733. The number of esters is 2. The summed E-state index contributed by atoms with van der Waals surface area (Å²) in [6, 6.07) is 4.55. The Labute approximate surface area is 191 Å². The highest BCUT2D eigenvalue weighted by molar-refractivity contribution is 6.07. The van der Waals surface area contributed by atoms with Crippen molar-refractivity contribution >= 4 is 35.5 Å². The zero-order valence-electron chi connectivity index (χ0n) is 19.2. The monoisotopic (exact) mass is 460 g/mol. The Morgan fingerprint density at radius 2 is 2.00 bits per heavy atom. The maximum atomic E-state index is 13.0. The van der Waals surface area contributed by atoms with E-state index in [0.29, 0.717) is 35.4 Å². The van der Waals surface area contributed by atoms with Crippen LogP contribution >= 0.6 is 0 Å². The van der Waals surface area contributed by atoms with Crippen molar-refractivity contribution in [2.24, 2.45) is 11.3 Å². The molecule has 2 amide bonds. The number of fused-ring (bicyclic) bond motifs is 1. The summed E-state index contributed by atoms with van der Waals surface area (Å²) in [7, 11) is 1.46. The van der Waals surface area contributed by atoms with Crippen LogP contribution in [0.15, 0.2) is 23.9 Å². The molecule has 0 spiro atoms. The molecule has 2 aliphatic heterocycles. The third-order valence-corrected chi connectivity index (χ3v) is 5.68. The maximum absolute atomic E-state index is 13.0. The van der Waals surface area contributed by atoms with Crippen molar-refractivity contribution in [3.8, 4) is 5.75 Å². The maximum Gasteiger partial charge on any atom is 0.358 e. The number of aliphatic hydroxyl groups is 1. The Hall–Kier alpha value is -3.40. The van der Waals surface area contributed by atoms with Gasteiger partial charge in [0.25, 0.3) is 0 Å². The summed E-state index contributed by atoms with van der Waals surface area (Å²) in [4.78, 5) is 50.0. The Morgan fingerprint density at radius 3 is 2.58 bits per heavy atom. The van der Waals surface area contributed by atoms with Crippen molar-refractivity contribution in [1.29, 1.82) is 0 Å². The Balaban J connectivity index is 1.93. The largest absolute Gasteiger partial charge is 0.495 e. The molecule has 1 aromatic carbocycles. The molecule has 0 saturated carbocycles. The van der Waals surface area contributed by atoms with Crippen molar-refractivity contribution < 1.29 is 38.5 Å². The van der Waals surface area contributed by atoms with Gasteiger partial charge in [0.2, 0.25) is 19.1 Å². The molecule has 0 radical (unpaired) electrons. The van der Waals surface area contributed by atoms with Crippen molar-refractivity contribution in [1.82, 2.24) is 4.90 Å². The second-order valence-corrected chi connectivity index (χ2v) is 8.98. The lowest BCUT2D eigenvalue weighted by atomic mass is 9.82. The van der Waals surface area contributed by atoms with E-state index in [1.54, 1.807) is 39.0 Å². The van der Waals surface area contributed by atoms with E-state index in [1.165, 1.54) is 18.9 Å². The molecule has 33 heavy (non-hydrogen) atoms. The van der Waals surface area contributed by atoms with Gasteiger partial charge in [-0.05, 0) is 57.4 Å². The quantitative estimate of drug-likeness (QED) is 0.259. The fourth-order valence-corrected chi connectivity index (χ4v) is 4.01. The molecule has 1 saturated heterocycles. The molecule has 0 aliphatic carbocycles. The number of nitrogens with one attached hydrogen (secondary N) is 1. The molecule has 10 heteroatoms. The minimum absolute atomic E-state index is 0.0240. The van der Waals surface area contributed by atoms with E-state index in [1.807, 2.05) is 0 Å². The van der Waals surface area contributed by atoms with Gasteiger partial charge in [-0.1, -0.05) is 6.07 Å². The number of carbonyl (C=O) groups excluding carboxylic acids is 4. The van der Waals surface area contributed by atoms with Crippen LogP contribution in [0.4, 0.5) is 5.69 Å². The van der Waals surface area contributed by atoms with Crippen molar-refractivity contribution in [2.75, 3.05) is 19.2 Å². The minimum atomic E-state index is -0.883. The van der Waals surface area contributed by atoms with Crippen LogP contribution < -0.4 is 10.1 Å². The van der Waals surface area contributed by atoms with Gasteiger partial charge in [-0.25, -0.2) is 4.79 Å². The van der Waals surface area contributed by atoms with E-state index in [-0.39, 0.29) is 11.6 Å². The summed E-state index contributed by atoms with van der Waals surface area (Å²) >= 11 is 0. The first-order valence-corrected chi connectivity index (χ1v) is 10.5. The Kier molecular flexibility index (Phi) is 6.78. The Morgan fingerprint density at radius 1 is 1.30 bits per heavy atom. The number of anilines is 1. The second-order valence-electron chi connectivity index (χ2n) is 8.98. The summed E-state index contributed by atoms with van der Waals surface area (Å²) in [5, 5.41) is 12.6. The van der Waals surface area contributed by atoms with Crippen LogP contribution in [-0.2, 0) is 28.7 Å². The van der Waals surface area contributed by atoms with Crippen LogP contribution in [0.1, 0.15) is 39.7 Å². The molecule has 10 nitrogen and oxygen atoms in total. The number of amides is 2. The van der Waals surface area contributed by atoms with Crippen molar-refractivity contribution in [2.45, 2.75) is 46.3 Å². The van der Waals surface area contributed by atoms with Crippen molar-refractivity contribution in [3.05, 3.63) is 29.5 Å². The minimum Gasteiger partial charge on any atom is -0.495 e. The van der Waals surface area contributed by atoms with E-state index in [2.05, 4.69) is 5.32 Å². The number of nitrogens with zero attached hydrogens (tertiary/aromatic N) is 1. The van der Waals surface area contributed by atoms with Gasteiger partial charge in [0, 0.05) is 0 Å². The first-order chi connectivity index (χ1) is 15.5. The lowest BCUT2D eigenvalue weighted by molar-refractivity contribution is -0.175. The van der Waals surface area contributed by atoms with Gasteiger partial charge in [0.15, 0.2) is 0 Å². The molecule has 3 atom stereocenters. The van der Waals surface area contributed by atoms with Crippen LogP contribution in [0.2, 0.25) is 0 Å². The molecule has 3 rings (SSSR count). The number of aliphatic hydroxyl groups excluding tert-OH is 1. The molecule has 2 heterocycles. The second kappa shape index (κ2) is 9.22. The average Bonchev–Trinajstić information content (AvgIpc) is 3.07. The number of hydrogen-bond acceptors (Lipinski definition) is 8. The first-order valence-electron chi connectivity index (χ1n) is 10.5. The first kappa shape index (κ1) is 24.2. The number of benzene rings is 1. The fourth-order valence-electron chi connectivity index (χ4n) is 4.01. The highest BCUT2D eigenvalue weighted by Gasteiger charge is 2.57. The van der Waals surface area contributed by atoms with Crippen LogP contribution in [0, 0.1) is 11.3 Å². The number of hydrogen-bond donors (Lipinski definition) is 2. The zero-order chi connectivity index (χ0) is 24.5. The summed E-state index contributed by atoms with van der Waals surface area (Å²) in [6.07, 6.45) is -0.0736. The molecule has 2 N–H and O–H groups in total. The number of carbonyl (C=O) groups is 4. The SMILES string of the molecule is COc1ccc(C2=C(C(=O)OCOC(=O)C(C)(C)C)N3C(=O)[C@H]([C@@H](C)O)[C@H]3C2)cc1NC=O. The third kappa shape index (κ3) is 4.56. The highest BCUT2D eigenvalue weighted by Crippen LogP contribution is 2.48. The fraction of sp³-hybridized carbons (Fsp3) is 0.478. The average molecular weight is 460 g/mol. The normalized spacial score (nSPS) is 20.5. The van der Waals surface area contributed by atoms with Gasteiger partial charge < -0.3 is 29.5 Å². The molecule has 0 aromatic heterocycles. The van der Waals surface area contributed by atoms with Gasteiger partial charge in [-0.2, -0.15) is 0 Å². The molecular weight excluding hydrogens is 432 g/mol. The summed E-state index contributed by atoms with van der Waals surface area (Å²) < 4.78 is 15.4. The van der Waals surface area contributed by atoms with E-state index in [4.69, 9.17) is 14.2 Å². The smallest absolute Gasteiger partial charge is 0.358 e. The topological polar surface area (TPSA) is 131 Å². The standard InChI is InChI=1S/C23H28N2O8/c1-12(27)18-16-9-14(13-6-7-17(31-5)15(8-13)24-10-26)19(25(16)20(18)28)21(29)32-11-33-22(30)23(2,3)4/h6-8,10,12,16,18,27H,9,11H2,1-5H3,(H,24,26)/t12-,16-,18-/m1/s1. The summed E-state index contributed by atoms with van der Waals surface area (Å²) in [6.45, 7) is 5.94. The van der Waals surface area contributed by atoms with Crippen LogP contribution in [0.3, 0.4) is 0 Å². The molecule has 1 aromatic rings. The van der Waals surface area contributed by atoms with E-state index < -0.39 is 42.2 Å². The molecule has 0 bridgehead atoms. The van der Waals surface area contributed by atoms with Gasteiger partial charge in [-0.15, -0.1) is 0 Å². The van der Waals surface area contributed by atoms with E-state index in [0.717, 1.165) is 0 Å². The molecular formula is C23H28N2O8. The number of rotatable bonds is 8. The van der Waals surface area contributed by atoms with E-state index >= 15 is 0 Å². The predicted octanol–water partition coefficient (Wildman–Crippen LogP) is 1.68. The van der Waals surface area contributed by atoms with Gasteiger partial charge in [0.1, 0.15) is 11.4 Å². The lowest BCUT2D eigenvalue weighted by Crippen LogP contribution is -2.61. The zero-order valence-corrected chi connectivity index (χ0v) is 19.2. The number of methoxy groups -OCH3 is 1. The number of β-lactam (4-membered cyclic amide) rings is 1. The highest BCUT2D eigenvalue weighted by atomic mass is 16.7. The summed E-state index contributed by atoms with van der Waals surface area (Å²) in [5.74, 6) is -1.97. The van der Waals surface area contributed by atoms with Gasteiger partial charge in [0.05, 0.1) is 36.3 Å². The predicted molar refractivity (Wildman–Crippen MR) is 117 cm³/mol.